The normalized spacial score (nSPS) is 19.0. The Bertz CT molecular complexity index is 1470. The molecule has 1 rings (SSSR count). The number of rotatable bonds is 54. The summed E-state index contributed by atoms with van der Waals surface area (Å²) >= 11 is 0. The van der Waals surface area contributed by atoms with E-state index in [0.717, 1.165) is 64.2 Å². The highest BCUT2D eigenvalue weighted by atomic mass is 32.3. The van der Waals surface area contributed by atoms with Crippen molar-refractivity contribution in [2.24, 2.45) is 0 Å². The van der Waals surface area contributed by atoms with Gasteiger partial charge in [0, 0.05) is 13.0 Å². The Kier molecular flexibility index (Phi) is 49.0. The maximum Gasteiger partial charge on any atom is 0.397 e. The van der Waals surface area contributed by atoms with Gasteiger partial charge < -0.3 is 34.3 Å². The van der Waals surface area contributed by atoms with Gasteiger partial charge in [0.25, 0.3) is 0 Å². The number of carbonyl (C=O) groups excluding carboxylic acids is 1. The molecule has 6 atom stereocenters. The van der Waals surface area contributed by atoms with Gasteiger partial charge in [-0.05, 0) is 51.4 Å². The van der Waals surface area contributed by atoms with Gasteiger partial charge in [-0.2, -0.15) is 8.42 Å². The summed E-state index contributed by atoms with van der Waals surface area (Å²) in [5, 5.41) is 30.9. The summed E-state index contributed by atoms with van der Waals surface area (Å²) in [4.78, 5) is 13.0. The summed E-state index contributed by atoms with van der Waals surface area (Å²) in [7, 11) is -5.07. The molecule has 0 bridgehead atoms. The van der Waals surface area contributed by atoms with Crippen molar-refractivity contribution in [1.82, 2.24) is 0 Å². The SMILES string of the molecule is CC/C=C\C/C=C\C/C=C\C/C=C\CCCCCCCCCCCCCCCOCC(COC1OC(CO)C(O)C(OS(=O)(=O)O)C1O)OC(=O)CCCCCCCCCCCCCCCCCCCCCCC. The minimum Gasteiger partial charge on any atom is -0.457 e. The van der Waals surface area contributed by atoms with Crippen LogP contribution in [0, 0.1) is 0 Å². The minimum atomic E-state index is -5.07. The van der Waals surface area contributed by atoms with E-state index in [9.17, 15) is 33.1 Å². The average molecular weight is 1070 g/mol. The van der Waals surface area contributed by atoms with Crippen LogP contribution in [0.15, 0.2) is 48.6 Å². The summed E-state index contributed by atoms with van der Waals surface area (Å²) in [5.74, 6) is -0.394. The fraction of sp³-hybridized carbons (Fsp3) is 0.852. The van der Waals surface area contributed by atoms with Gasteiger partial charge >= 0.3 is 16.4 Å². The second-order valence-electron chi connectivity index (χ2n) is 20.9. The van der Waals surface area contributed by atoms with Crippen LogP contribution in [0.1, 0.15) is 271 Å². The zero-order chi connectivity index (χ0) is 53.8. The highest BCUT2D eigenvalue weighted by molar-refractivity contribution is 7.80. The molecule has 74 heavy (non-hydrogen) atoms. The van der Waals surface area contributed by atoms with E-state index in [4.69, 9.17) is 18.9 Å². The molecule has 1 heterocycles. The van der Waals surface area contributed by atoms with Crippen molar-refractivity contribution in [2.75, 3.05) is 26.4 Å². The molecule has 0 spiro atoms. The lowest BCUT2D eigenvalue weighted by Crippen LogP contribution is -2.60. The standard InChI is InChI=1S/C61H112O12S/c1-3-5-7-9-11-13-15-17-19-21-23-25-26-27-28-29-31-33-35-37-39-41-43-45-47-49-51-69-53-55(54-70-61-59(65)60(73-74(66,67)68)58(64)56(52-62)72-61)71-57(63)50-48-46-44-42-40-38-36-34-32-30-24-22-20-18-16-14-12-10-8-6-4-2/h5,7,11,13,17,19,23,25,55-56,58-62,64-65H,3-4,6,8-10,12,14-16,18,20-22,24,26-54H2,1-2H3,(H,66,67,68)/b7-5-,13-11-,19-17-,25-23-. The Morgan fingerprint density at radius 3 is 1.36 bits per heavy atom. The van der Waals surface area contributed by atoms with E-state index in [1.165, 1.54) is 180 Å². The molecule has 0 aliphatic carbocycles. The molecule has 0 aromatic heterocycles. The number of ether oxygens (including phenoxy) is 4. The van der Waals surface area contributed by atoms with Crippen LogP contribution in [0.5, 0.6) is 0 Å². The fourth-order valence-corrected chi connectivity index (χ4v) is 9.94. The molecule has 1 fully saturated rings. The Balaban J connectivity index is 2.26. The molecule has 1 aliphatic rings. The van der Waals surface area contributed by atoms with Crippen LogP contribution in [0.2, 0.25) is 0 Å². The third kappa shape index (κ3) is 44.1. The summed E-state index contributed by atoms with van der Waals surface area (Å²) in [6, 6.07) is 0. The van der Waals surface area contributed by atoms with Crippen molar-refractivity contribution < 1.29 is 56.2 Å². The first kappa shape index (κ1) is 70.1. The molecule has 13 heteroatoms. The summed E-state index contributed by atoms with van der Waals surface area (Å²) in [5.41, 5.74) is 0. The molecule has 6 unspecified atom stereocenters. The van der Waals surface area contributed by atoms with Gasteiger partial charge in [0.2, 0.25) is 0 Å². The molecule has 1 aliphatic heterocycles. The van der Waals surface area contributed by atoms with Crippen LogP contribution >= 0.6 is 0 Å². The molecule has 0 amide bonds. The van der Waals surface area contributed by atoms with E-state index in [1.807, 2.05) is 0 Å². The fourth-order valence-electron chi connectivity index (χ4n) is 9.43. The van der Waals surface area contributed by atoms with Crippen LogP contribution in [-0.4, -0.2) is 97.5 Å². The Labute approximate surface area is 453 Å². The van der Waals surface area contributed by atoms with Crippen molar-refractivity contribution >= 4 is 16.4 Å². The smallest absolute Gasteiger partial charge is 0.397 e. The number of carbonyl (C=O) groups is 1. The molecule has 0 radical (unpaired) electrons. The van der Waals surface area contributed by atoms with Gasteiger partial charge in [-0.3, -0.25) is 9.35 Å². The molecule has 0 saturated carbocycles. The van der Waals surface area contributed by atoms with Gasteiger partial charge in [-0.15, -0.1) is 0 Å². The predicted octanol–water partition coefficient (Wildman–Crippen LogP) is 15.4. The van der Waals surface area contributed by atoms with E-state index in [2.05, 4.69) is 66.6 Å². The zero-order valence-electron chi connectivity index (χ0n) is 47.2. The topological polar surface area (TPSA) is 178 Å². The van der Waals surface area contributed by atoms with Crippen molar-refractivity contribution in [3.63, 3.8) is 0 Å². The lowest BCUT2D eigenvalue weighted by molar-refractivity contribution is -0.301. The van der Waals surface area contributed by atoms with E-state index in [-0.39, 0.29) is 19.6 Å². The number of hydrogen-bond acceptors (Lipinski definition) is 11. The van der Waals surface area contributed by atoms with Crippen LogP contribution in [0.4, 0.5) is 0 Å². The maximum absolute atomic E-state index is 13.0. The van der Waals surface area contributed by atoms with Gasteiger partial charge in [-0.25, -0.2) is 4.18 Å². The van der Waals surface area contributed by atoms with Crippen molar-refractivity contribution in [3.8, 4) is 0 Å². The highest BCUT2D eigenvalue weighted by Gasteiger charge is 2.48. The van der Waals surface area contributed by atoms with E-state index >= 15 is 0 Å². The average Bonchev–Trinajstić information content (AvgIpc) is 3.38. The third-order valence-electron chi connectivity index (χ3n) is 14.0. The molecular formula is C61H112O12S. The van der Waals surface area contributed by atoms with Crippen LogP contribution < -0.4 is 0 Å². The highest BCUT2D eigenvalue weighted by Crippen LogP contribution is 2.26. The first-order valence-corrected chi connectivity index (χ1v) is 31.8. The Morgan fingerprint density at radius 1 is 0.527 bits per heavy atom. The maximum atomic E-state index is 13.0. The monoisotopic (exact) mass is 1070 g/mol. The molecule has 1 saturated heterocycles. The number of esters is 1. The molecule has 12 nitrogen and oxygen atoms in total. The second kappa shape index (κ2) is 51.8. The lowest BCUT2D eigenvalue weighted by atomic mass is 9.99. The number of aliphatic hydroxyl groups is 3. The predicted molar refractivity (Wildman–Crippen MR) is 303 cm³/mol. The lowest BCUT2D eigenvalue weighted by Gasteiger charge is -2.41. The quantitative estimate of drug-likeness (QED) is 0.0196. The van der Waals surface area contributed by atoms with Crippen LogP contribution in [0.25, 0.3) is 0 Å². The first-order chi connectivity index (χ1) is 36.1. The van der Waals surface area contributed by atoms with Crippen molar-refractivity contribution in [2.45, 2.75) is 307 Å². The number of allylic oxidation sites excluding steroid dienone is 8. The van der Waals surface area contributed by atoms with Gasteiger partial charge in [0.05, 0.1) is 19.8 Å². The zero-order valence-corrected chi connectivity index (χ0v) is 48.0. The van der Waals surface area contributed by atoms with Crippen LogP contribution in [0.3, 0.4) is 0 Å². The Hall–Kier alpha value is -1.94. The largest absolute Gasteiger partial charge is 0.457 e. The summed E-state index contributed by atoms with van der Waals surface area (Å²) in [6.45, 7) is 3.93. The first-order valence-electron chi connectivity index (χ1n) is 30.4. The third-order valence-corrected chi connectivity index (χ3v) is 14.4. The van der Waals surface area contributed by atoms with Gasteiger partial charge in [0.1, 0.15) is 30.5 Å². The Morgan fingerprint density at radius 2 is 0.932 bits per heavy atom. The van der Waals surface area contributed by atoms with Gasteiger partial charge in [0.15, 0.2) is 6.29 Å². The van der Waals surface area contributed by atoms with E-state index < -0.39 is 59.8 Å². The van der Waals surface area contributed by atoms with E-state index in [0.29, 0.717) is 13.0 Å². The molecule has 434 valence electrons. The molecule has 0 aromatic rings. The summed E-state index contributed by atoms with van der Waals surface area (Å²) < 4.78 is 59.5. The number of hydrogen-bond donors (Lipinski definition) is 4. The molecular weight excluding hydrogens is 957 g/mol. The van der Waals surface area contributed by atoms with E-state index in [1.54, 1.807) is 0 Å². The molecule has 0 aromatic carbocycles. The molecule has 4 N–H and O–H groups in total. The van der Waals surface area contributed by atoms with Crippen molar-refractivity contribution in [3.05, 3.63) is 48.6 Å². The van der Waals surface area contributed by atoms with Gasteiger partial charge in [-0.1, -0.05) is 262 Å². The van der Waals surface area contributed by atoms with Crippen molar-refractivity contribution in [1.29, 1.82) is 0 Å². The second-order valence-corrected chi connectivity index (χ2v) is 22.0. The van der Waals surface area contributed by atoms with Crippen LogP contribution in [-0.2, 0) is 38.3 Å². The number of aliphatic hydroxyl groups excluding tert-OH is 3. The minimum absolute atomic E-state index is 0.0379. The summed E-state index contributed by atoms with van der Waals surface area (Å²) in [6.07, 6.45) is 57.2. The number of unbranched alkanes of at least 4 members (excludes halogenated alkanes) is 33.